The highest BCUT2D eigenvalue weighted by molar-refractivity contribution is 5.97. The summed E-state index contributed by atoms with van der Waals surface area (Å²) in [6, 6.07) is 6.77. The van der Waals surface area contributed by atoms with Crippen molar-refractivity contribution in [2.75, 3.05) is 46.5 Å². The number of benzene rings is 1. The minimum atomic E-state index is -1.01. The molecule has 2 rings (SSSR count). The van der Waals surface area contributed by atoms with E-state index in [0.717, 1.165) is 5.56 Å². The van der Waals surface area contributed by atoms with Crippen molar-refractivity contribution in [2.45, 2.75) is 18.9 Å². The number of methoxy groups -OCH3 is 1. The van der Waals surface area contributed by atoms with Gasteiger partial charge >= 0.3 is 5.97 Å². The maximum Gasteiger partial charge on any atom is 0.329 e. The summed E-state index contributed by atoms with van der Waals surface area (Å²) in [7, 11) is 1.54. The summed E-state index contributed by atoms with van der Waals surface area (Å²) in [5.74, 6) is 3.69. The van der Waals surface area contributed by atoms with E-state index in [0.29, 0.717) is 38.1 Å². The van der Waals surface area contributed by atoms with Gasteiger partial charge in [-0.1, -0.05) is 12.1 Å². The van der Waals surface area contributed by atoms with Crippen LogP contribution in [-0.2, 0) is 19.1 Å². The van der Waals surface area contributed by atoms with Crippen LogP contribution in [0.4, 0.5) is 0 Å². The Balaban J connectivity index is 1.95. The lowest BCUT2D eigenvalue weighted by Gasteiger charge is -2.33. The molecular weight excluding hydrogens is 392 g/mol. The summed E-state index contributed by atoms with van der Waals surface area (Å²) in [5.41, 5.74) is 1.22. The molecule has 30 heavy (non-hydrogen) atoms. The van der Waals surface area contributed by atoms with Gasteiger partial charge in [0.05, 0.1) is 18.9 Å². The maximum absolute atomic E-state index is 12.9. The van der Waals surface area contributed by atoms with Crippen molar-refractivity contribution in [3.8, 4) is 0 Å². The largest absolute Gasteiger partial charge is 0.480 e. The van der Waals surface area contributed by atoms with Crippen LogP contribution >= 0.6 is 0 Å². The lowest BCUT2D eigenvalue weighted by Crippen LogP contribution is -2.47. The zero-order valence-electron chi connectivity index (χ0n) is 17.0. The van der Waals surface area contributed by atoms with Gasteiger partial charge in [-0.3, -0.25) is 9.59 Å². The first-order valence-corrected chi connectivity index (χ1v) is 9.67. The van der Waals surface area contributed by atoms with E-state index in [1.54, 1.807) is 29.2 Å². The van der Waals surface area contributed by atoms with Crippen LogP contribution in [0.5, 0.6) is 0 Å². The van der Waals surface area contributed by atoms with E-state index in [4.69, 9.17) is 20.4 Å². The Morgan fingerprint density at radius 1 is 1.27 bits per heavy atom. The molecule has 0 aliphatic carbocycles. The van der Waals surface area contributed by atoms with E-state index in [1.807, 2.05) is 0 Å². The number of carboxylic acids is 1. The van der Waals surface area contributed by atoms with E-state index in [2.05, 4.69) is 5.10 Å². The summed E-state index contributed by atoms with van der Waals surface area (Å²) in [6.07, 6.45) is 2.43. The second-order valence-corrected chi connectivity index (χ2v) is 6.90. The van der Waals surface area contributed by atoms with Crippen LogP contribution in [0.3, 0.4) is 0 Å². The molecule has 0 atom stereocenters. The minimum absolute atomic E-state index is 0.0607. The fourth-order valence-corrected chi connectivity index (χ4v) is 3.16. The summed E-state index contributed by atoms with van der Waals surface area (Å²) in [5, 5.41) is 12.1. The molecule has 164 valence electrons. The lowest BCUT2D eigenvalue weighted by molar-refractivity contribution is -0.147. The first kappa shape index (κ1) is 23.3. The van der Waals surface area contributed by atoms with E-state index in [-0.39, 0.29) is 37.6 Å². The molecule has 1 aromatic rings. The van der Waals surface area contributed by atoms with Crippen LogP contribution in [0, 0.1) is 0 Å². The zero-order valence-corrected chi connectivity index (χ0v) is 17.0. The molecule has 0 spiro atoms. The van der Waals surface area contributed by atoms with Gasteiger partial charge < -0.3 is 30.2 Å². The highest BCUT2D eigenvalue weighted by Gasteiger charge is 2.26. The third-order valence-electron chi connectivity index (χ3n) is 4.80. The molecule has 1 aliphatic rings. The van der Waals surface area contributed by atoms with Gasteiger partial charge in [0.15, 0.2) is 0 Å². The normalized spacial score (nSPS) is 14.8. The molecule has 1 aromatic carbocycles. The Morgan fingerprint density at radius 2 is 1.93 bits per heavy atom. The van der Waals surface area contributed by atoms with Gasteiger partial charge in [0.2, 0.25) is 5.91 Å². The van der Waals surface area contributed by atoms with Gasteiger partial charge in [-0.2, -0.15) is 5.10 Å². The van der Waals surface area contributed by atoms with Crippen molar-refractivity contribution in [1.29, 1.82) is 0 Å². The first-order chi connectivity index (χ1) is 14.4. The average molecular weight is 420 g/mol. The molecule has 10 nitrogen and oxygen atoms in total. The van der Waals surface area contributed by atoms with Crippen LogP contribution in [-0.4, -0.2) is 91.5 Å². The van der Waals surface area contributed by atoms with Crippen LogP contribution in [0.15, 0.2) is 29.4 Å². The predicted octanol–water partition coefficient (Wildman–Crippen LogP) is 0.160. The van der Waals surface area contributed by atoms with Crippen molar-refractivity contribution >= 4 is 24.0 Å². The molecule has 2 amide bonds. The fourth-order valence-electron chi connectivity index (χ4n) is 3.16. The number of ether oxygens (including phenoxy) is 2. The number of hydrogen-bond acceptors (Lipinski definition) is 7. The third-order valence-corrected chi connectivity index (χ3v) is 4.80. The second-order valence-electron chi connectivity index (χ2n) is 6.90. The number of nitrogens with two attached hydrogens (primary N) is 1. The summed E-state index contributed by atoms with van der Waals surface area (Å²) in [4.78, 5) is 39.4. The number of hydrogen-bond donors (Lipinski definition) is 2. The van der Waals surface area contributed by atoms with Crippen LogP contribution < -0.4 is 5.84 Å². The number of carboxylic acid groups (broad SMARTS) is 1. The van der Waals surface area contributed by atoms with E-state index < -0.39 is 5.97 Å². The number of aliphatic carboxylic acids is 1. The van der Waals surface area contributed by atoms with Gasteiger partial charge in [0, 0.05) is 32.3 Å². The van der Waals surface area contributed by atoms with Crippen molar-refractivity contribution in [1.82, 2.24) is 9.80 Å². The number of likely N-dealkylation sites (tertiary alicyclic amines) is 1. The van der Waals surface area contributed by atoms with Gasteiger partial charge in [-0.15, -0.1) is 0 Å². The number of hydrazone groups is 1. The van der Waals surface area contributed by atoms with E-state index >= 15 is 0 Å². The molecule has 0 unspecified atom stereocenters. The van der Waals surface area contributed by atoms with E-state index in [9.17, 15) is 14.4 Å². The highest BCUT2D eigenvalue weighted by Crippen LogP contribution is 2.15. The van der Waals surface area contributed by atoms with E-state index in [1.165, 1.54) is 18.2 Å². The minimum Gasteiger partial charge on any atom is -0.480 e. The Morgan fingerprint density at radius 3 is 2.50 bits per heavy atom. The molecule has 1 fully saturated rings. The average Bonchev–Trinajstić information content (AvgIpc) is 2.75. The number of piperidine rings is 1. The molecule has 3 N–H and O–H groups in total. The molecule has 1 heterocycles. The summed E-state index contributed by atoms with van der Waals surface area (Å²) >= 11 is 0. The topological polar surface area (TPSA) is 135 Å². The lowest BCUT2D eigenvalue weighted by atomic mass is 10.1. The Labute approximate surface area is 175 Å². The smallest absolute Gasteiger partial charge is 0.329 e. The van der Waals surface area contributed by atoms with Gasteiger partial charge in [0.25, 0.3) is 5.91 Å². The van der Waals surface area contributed by atoms with Crippen LogP contribution in [0.25, 0.3) is 0 Å². The van der Waals surface area contributed by atoms with Crippen molar-refractivity contribution in [2.24, 2.45) is 10.9 Å². The number of nitrogens with zero attached hydrogens (tertiary/aromatic N) is 3. The molecule has 0 saturated carbocycles. The molecular formula is C20H28N4O6. The maximum atomic E-state index is 12.9. The fraction of sp³-hybridized carbons (Fsp3) is 0.500. The molecule has 0 aromatic heterocycles. The number of rotatable bonds is 10. The Bertz CT molecular complexity index is 744. The highest BCUT2D eigenvalue weighted by atomic mass is 16.5. The predicted molar refractivity (Wildman–Crippen MR) is 109 cm³/mol. The zero-order chi connectivity index (χ0) is 21.9. The summed E-state index contributed by atoms with van der Waals surface area (Å²) < 4.78 is 10.4. The number of amides is 2. The Hall–Kier alpha value is -2.98. The molecule has 0 bridgehead atoms. The van der Waals surface area contributed by atoms with Crippen molar-refractivity contribution < 1.29 is 29.0 Å². The molecule has 10 heteroatoms. The van der Waals surface area contributed by atoms with Crippen LogP contribution in [0.2, 0.25) is 0 Å². The van der Waals surface area contributed by atoms with Gasteiger partial charge in [-0.25, -0.2) is 4.79 Å². The summed E-state index contributed by atoms with van der Waals surface area (Å²) in [6.45, 7) is 1.11. The second kappa shape index (κ2) is 11.9. The standard InChI is InChI=1S/C20H28N4O6/c1-29-11-10-24(20(28)16-4-2-15(3-5-16)12-22-21)13-18(25)23-8-6-17(7-9-23)30-14-19(26)27/h2-5,12,17H,6-11,13-14,21H2,1H3,(H,26,27). The molecule has 1 aliphatic heterocycles. The monoisotopic (exact) mass is 420 g/mol. The molecule has 0 radical (unpaired) electrons. The number of carbonyl (C=O) groups excluding carboxylic acids is 2. The van der Waals surface area contributed by atoms with Crippen LogP contribution in [0.1, 0.15) is 28.8 Å². The molecule has 1 saturated heterocycles. The third kappa shape index (κ3) is 7.12. The van der Waals surface area contributed by atoms with Crippen molar-refractivity contribution in [3.05, 3.63) is 35.4 Å². The first-order valence-electron chi connectivity index (χ1n) is 9.67. The Kier molecular flexibility index (Phi) is 9.23. The van der Waals surface area contributed by atoms with Gasteiger partial charge in [0.1, 0.15) is 13.2 Å². The quantitative estimate of drug-likeness (QED) is 0.313. The van der Waals surface area contributed by atoms with Gasteiger partial charge in [-0.05, 0) is 30.5 Å². The number of carbonyl (C=O) groups is 3. The van der Waals surface area contributed by atoms with Crippen molar-refractivity contribution in [3.63, 3.8) is 0 Å². The SMILES string of the molecule is COCCN(CC(=O)N1CCC(OCC(=O)O)CC1)C(=O)c1ccc(C=NN)cc1.